The average molecular weight is 411 g/mol. The molecule has 0 bridgehead atoms. The van der Waals surface area contributed by atoms with E-state index in [1.54, 1.807) is 0 Å². The van der Waals surface area contributed by atoms with Gasteiger partial charge in [0, 0.05) is 6.42 Å². The summed E-state index contributed by atoms with van der Waals surface area (Å²) in [6.45, 7) is 14.7. The Morgan fingerprint density at radius 1 is 1.00 bits per heavy atom. The van der Waals surface area contributed by atoms with Gasteiger partial charge in [0.05, 0.1) is 0 Å². The molecule has 0 heterocycles. The van der Waals surface area contributed by atoms with Gasteiger partial charge in [-0.15, -0.1) is 0 Å². The van der Waals surface area contributed by atoms with Crippen LogP contribution in [0.5, 0.6) is 0 Å². The molecule has 168 valence electrons. The molecule has 0 aromatic carbocycles. The van der Waals surface area contributed by atoms with Gasteiger partial charge in [-0.05, 0) is 110 Å². The Morgan fingerprint density at radius 2 is 1.77 bits per heavy atom. The fraction of sp³-hybridized carbons (Fsp3) is 0.828. The Balaban J connectivity index is 1.52. The van der Waals surface area contributed by atoms with Gasteiger partial charge in [-0.3, -0.25) is 4.79 Å². The summed E-state index contributed by atoms with van der Waals surface area (Å²) in [7, 11) is 0. The minimum absolute atomic E-state index is 0.313. The van der Waals surface area contributed by atoms with Crippen LogP contribution in [0.25, 0.3) is 0 Å². The Hall–Kier alpha value is -0.850. The number of fused-ring (bicyclic) bond motifs is 5. The predicted molar refractivity (Wildman–Crippen MR) is 127 cm³/mol. The number of allylic oxidation sites excluding steroid dienone is 3. The van der Waals surface area contributed by atoms with Crippen LogP contribution in [0, 0.1) is 52.3 Å². The zero-order chi connectivity index (χ0) is 21.7. The molecule has 4 aliphatic rings. The van der Waals surface area contributed by atoms with Crippen molar-refractivity contribution < 1.29 is 4.79 Å². The second-order valence-corrected chi connectivity index (χ2v) is 12.3. The molecule has 0 aliphatic heterocycles. The summed E-state index contributed by atoms with van der Waals surface area (Å²) in [5.41, 5.74) is 2.34. The van der Waals surface area contributed by atoms with Crippen LogP contribution in [-0.2, 0) is 4.79 Å². The van der Waals surface area contributed by atoms with Crippen molar-refractivity contribution >= 4 is 5.78 Å². The van der Waals surface area contributed by atoms with Crippen LogP contribution in [0.3, 0.4) is 0 Å². The Labute approximate surface area is 186 Å². The van der Waals surface area contributed by atoms with Gasteiger partial charge in [0.25, 0.3) is 0 Å². The van der Waals surface area contributed by atoms with E-state index < -0.39 is 0 Å². The molecular formula is C29H46O. The fourth-order valence-corrected chi connectivity index (χ4v) is 8.75. The molecule has 4 aliphatic carbocycles. The number of carbonyl (C=O) groups excluding carboxylic acids is 1. The van der Waals surface area contributed by atoms with E-state index in [-0.39, 0.29) is 0 Å². The van der Waals surface area contributed by atoms with E-state index >= 15 is 0 Å². The van der Waals surface area contributed by atoms with Crippen molar-refractivity contribution in [1.82, 2.24) is 0 Å². The molecule has 30 heavy (non-hydrogen) atoms. The van der Waals surface area contributed by atoms with Crippen LogP contribution in [0.4, 0.5) is 0 Å². The van der Waals surface area contributed by atoms with E-state index in [1.807, 2.05) is 0 Å². The first-order valence-electron chi connectivity index (χ1n) is 13.1. The predicted octanol–water partition coefficient (Wildman–Crippen LogP) is 8.01. The summed E-state index contributed by atoms with van der Waals surface area (Å²) in [6, 6.07) is 0. The number of carbonyl (C=O) groups is 1. The first kappa shape index (κ1) is 22.3. The van der Waals surface area contributed by atoms with Crippen LogP contribution in [0.1, 0.15) is 99.3 Å². The van der Waals surface area contributed by atoms with E-state index in [1.165, 1.54) is 50.5 Å². The van der Waals surface area contributed by atoms with Gasteiger partial charge in [-0.1, -0.05) is 59.3 Å². The van der Waals surface area contributed by atoms with Crippen molar-refractivity contribution in [1.29, 1.82) is 0 Å². The molecule has 0 aromatic heterocycles. The topological polar surface area (TPSA) is 17.1 Å². The molecule has 3 saturated carbocycles. The number of rotatable bonds is 5. The van der Waals surface area contributed by atoms with E-state index in [4.69, 9.17) is 0 Å². The SMILES string of the molecule is CCC(/C=C/C(C)C1CCC2C3CCC4=CC(=O)CC[C@@]4(C)C3CC[C@@]12C)C(C)C. The van der Waals surface area contributed by atoms with Gasteiger partial charge in [0.2, 0.25) is 0 Å². The number of hydrogen-bond acceptors (Lipinski definition) is 1. The third-order valence-corrected chi connectivity index (χ3v) is 10.7. The van der Waals surface area contributed by atoms with Gasteiger partial charge in [-0.25, -0.2) is 0 Å². The van der Waals surface area contributed by atoms with Crippen molar-refractivity contribution in [2.75, 3.05) is 0 Å². The van der Waals surface area contributed by atoms with Crippen molar-refractivity contribution in [3.05, 3.63) is 23.8 Å². The van der Waals surface area contributed by atoms with E-state index in [0.717, 1.165) is 48.3 Å². The minimum Gasteiger partial charge on any atom is -0.295 e. The maximum Gasteiger partial charge on any atom is 0.155 e. The lowest BCUT2D eigenvalue weighted by molar-refractivity contribution is -0.117. The third-order valence-electron chi connectivity index (χ3n) is 10.7. The second-order valence-electron chi connectivity index (χ2n) is 12.3. The molecule has 0 spiro atoms. The van der Waals surface area contributed by atoms with Gasteiger partial charge in [0.1, 0.15) is 0 Å². The molecule has 0 radical (unpaired) electrons. The highest BCUT2D eigenvalue weighted by Crippen LogP contribution is 2.67. The molecule has 0 N–H and O–H groups in total. The first-order chi connectivity index (χ1) is 14.2. The summed E-state index contributed by atoms with van der Waals surface area (Å²) in [5.74, 6) is 6.01. The maximum absolute atomic E-state index is 12.1. The monoisotopic (exact) mass is 410 g/mol. The highest BCUT2D eigenvalue weighted by molar-refractivity contribution is 5.91. The smallest absolute Gasteiger partial charge is 0.155 e. The lowest BCUT2D eigenvalue weighted by atomic mass is 9.46. The minimum atomic E-state index is 0.313. The van der Waals surface area contributed by atoms with Crippen molar-refractivity contribution in [3.63, 3.8) is 0 Å². The van der Waals surface area contributed by atoms with E-state index in [9.17, 15) is 4.79 Å². The van der Waals surface area contributed by atoms with Crippen LogP contribution in [0.15, 0.2) is 23.8 Å². The number of ketones is 1. The molecule has 0 saturated heterocycles. The summed E-state index contributed by atoms with van der Waals surface area (Å²) < 4.78 is 0. The molecule has 3 fully saturated rings. The third kappa shape index (κ3) is 3.57. The lowest BCUT2D eigenvalue weighted by Gasteiger charge is -2.58. The Bertz CT molecular complexity index is 714. The van der Waals surface area contributed by atoms with E-state index in [2.05, 4.69) is 59.8 Å². The number of hydrogen-bond donors (Lipinski definition) is 0. The molecule has 8 atom stereocenters. The fourth-order valence-electron chi connectivity index (χ4n) is 8.75. The summed E-state index contributed by atoms with van der Waals surface area (Å²) in [4.78, 5) is 12.1. The largest absolute Gasteiger partial charge is 0.295 e. The quantitative estimate of drug-likeness (QED) is 0.419. The van der Waals surface area contributed by atoms with Gasteiger partial charge >= 0.3 is 0 Å². The zero-order valence-corrected chi connectivity index (χ0v) is 20.5. The van der Waals surface area contributed by atoms with Crippen molar-refractivity contribution in [2.24, 2.45) is 52.3 Å². The summed E-state index contributed by atoms with van der Waals surface area (Å²) in [5, 5.41) is 0. The Kier molecular flexibility index (Phi) is 6.15. The van der Waals surface area contributed by atoms with Crippen LogP contribution < -0.4 is 0 Å². The standard InChI is InChI=1S/C29H46O/c1-7-21(19(2)3)9-8-20(4)25-12-13-26-24-11-10-22-18-23(30)14-16-28(22,5)27(24)15-17-29(25,26)6/h8-9,18-21,24-27H,7,10-17H2,1-6H3/b9-8+/t20?,21?,24?,25?,26?,27?,28-,29+/m1/s1. The molecule has 1 heteroatoms. The highest BCUT2D eigenvalue weighted by Gasteiger charge is 2.59. The van der Waals surface area contributed by atoms with Crippen LogP contribution in [0.2, 0.25) is 0 Å². The molecule has 6 unspecified atom stereocenters. The van der Waals surface area contributed by atoms with Gasteiger partial charge in [-0.2, -0.15) is 0 Å². The van der Waals surface area contributed by atoms with Crippen LogP contribution in [-0.4, -0.2) is 5.78 Å². The maximum atomic E-state index is 12.1. The molecule has 0 aromatic rings. The Morgan fingerprint density at radius 3 is 2.47 bits per heavy atom. The summed E-state index contributed by atoms with van der Waals surface area (Å²) in [6.07, 6.45) is 18.5. The second kappa shape index (κ2) is 8.25. The van der Waals surface area contributed by atoms with Crippen molar-refractivity contribution in [3.8, 4) is 0 Å². The van der Waals surface area contributed by atoms with Crippen molar-refractivity contribution in [2.45, 2.75) is 99.3 Å². The van der Waals surface area contributed by atoms with E-state index in [0.29, 0.717) is 22.5 Å². The molecule has 4 rings (SSSR count). The molecule has 1 nitrogen and oxygen atoms in total. The van der Waals surface area contributed by atoms with Crippen LogP contribution >= 0.6 is 0 Å². The highest BCUT2D eigenvalue weighted by atomic mass is 16.1. The summed E-state index contributed by atoms with van der Waals surface area (Å²) >= 11 is 0. The molecular weight excluding hydrogens is 364 g/mol. The average Bonchev–Trinajstić information content (AvgIpc) is 3.06. The van der Waals surface area contributed by atoms with Gasteiger partial charge in [0.15, 0.2) is 5.78 Å². The first-order valence-corrected chi connectivity index (χ1v) is 13.1. The molecule has 0 amide bonds. The normalized spacial score (nSPS) is 43.2. The van der Waals surface area contributed by atoms with Gasteiger partial charge < -0.3 is 0 Å². The zero-order valence-electron chi connectivity index (χ0n) is 20.5. The lowest BCUT2D eigenvalue weighted by Crippen LogP contribution is -2.50.